The molecule has 0 unspecified atom stereocenters. The van der Waals surface area contributed by atoms with Crippen molar-refractivity contribution in [3.8, 4) is 0 Å². The highest BCUT2D eigenvalue weighted by Crippen LogP contribution is 2.47. The largest absolute Gasteiger partial charge is 0.744 e. The zero-order valence-electron chi connectivity index (χ0n) is 20.4. The van der Waals surface area contributed by atoms with Gasteiger partial charge in [0.2, 0.25) is 0 Å². The molecule has 0 saturated heterocycles. The van der Waals surface area contributed by atoms with Gasteiger partial charge in [-0.1, -0.05) is 68.1 Å². The van der Waals surface area contributed by atoms with Crippen LogP contribution in [0.25, 0.3) is 16.3 Å². The van der Waals surface area contributed by atoms with Gasteiger partial charge in [0.1, 0.15) is 21.5 Å². The summed E-state index contributed by atoms with van der Waals surface area (Å²) < 4.78 is 32.1. The molecular formula is C28H35NO3S. The molecule has 0 radical (unpaired) electrons. The van der Waals surface area contributed by atoms with Crippen molar-refractivity contribution in [3.05, 3.63) is 77.5 Å². The predicted octanol–water partition coefficient (Wildman–Crippen LogP) is 7.02. The van der Waals surface area contributed by atoms with Crippen LogP contribution in [0.5, 0.6) is 0 Å². The van der Waals surface area contributed by atoms with E-state index in [0.717, 1.165) is 10.0 Å². The van der Waals surface area contributed by atoms with Crippen LogP contribution in [0.15, 0.2) is 71.3 Å². The van der Waals surface area contributed by atoms with Crippen molar-refractivity contribution in [2.24, 2.45) is 0 Å². The van der Waals surface area contributed by atoms with Gasteiger partial charge in [-0.15, -0.1) is 0 Å². The highest BCUT2D eigenvalue weighted by atomic mass is 32.2. The maximum atomic E-state index is 10.4. The van der Waals surface area contributed by atoms with E-state index < -0.39 is 10.1 Å². The Labute approximate surface area is 198 Å². The molecule has 0 atom stereocenters. The fraction of sp³-hybridized carbons (Fsp3) is 0.357. The van der Waals surface area contributed by atoms with Crippen LogP contribution in [0.2, 0.25) is 0 Å². The number of aryl methyl sites for hydroxylation is 1. The molecule has 1 aliphatic heterocycles. The quantitative estimate of drug-likeness (QED) is 0.223. The van der Waals surface area contributed by atoms with Crippen LogP contribution in [0.1, 0.15) is 57.1 Å². The Hall–Kier alpha value is -2.47. The maximum Gasteiger partial charge on any atom is 0.145 e. The van der Waals surface area contributed by atoms with E-state index >= 15 is 0 Å². The SMILES string of the molecule is CCCCCCC1=C(C)[N+](C)(C)c2ccc3ccccc3c21.Cc1ccc(S(=O)(=O)[O-])cc1. The van der Waals surface area contributed by atoms with E-state index in [2.05, 4.69) is 64.3 Å². The zero-order chi connectivity index (χ0) is 24.2. The minimum atomic E-state index is -4.27. The van der Waals surface area contributed by atoms with Crippen molar-refractivity contribution in [1.82, 2.24) is 4.48 Å². The minimum absolute atomic E-state index is 0.178. The van der Waals surface area contributed by atoms with Crippen LogP contribution in [0.3, 0.4) is 0 Å². The molecule has 0 amide bonds. The van der Waals surface area contributed by atoms with Crippen LogP contribution in [0, 0.1) is 6.92 Å². The molecule has 0 aliphatic carbocycles. The summed E-state index contributed by atoms with van der Waals surface area (Å²) in [6.45, 7) is 6.42. The van der Waals surface area contributed by atoms with Crippen molar-refractivity contribution >= 4 is 32.2 Å². The van der Waals surface area contributed by atoms with Gasteiger partial charge in [0.05, 0.1) is 24.6 Å². The zero-order valence-corrected chi connectivity index (χ0v) is 21.2. The van der Waals surface area contributed by atoms with Crippen molar-refractivity contribution in [2.75, 3.05) is 14.1 Å². The van der Waals surface area contributed by atoms with E-state index in [9.17, 15) is 13.0 Å². The van der Waals surface area contributed by atoms with Crippen molar-refractivity contribution < 1.29 is 13.0 Å². The third kappa shape index (κ3) is 5.55. The van der Waals surface area contributed by atoms with Gasteiger partial charge in [0.15, 0.2) is 0 Å². The first-order valence-corrected chi connectivity index (χ1v) is 13.1. The normalized spacial score (nSPS) is 14.7. The number of quaternary nitrogens is 1. The third-order valence-electron chi connectivity index (χ3n) is 6.68. The Morgan fingerprint density at radius 1 is 0.848 bits per heavy atom. The number of hydrogen-bond donors (Lipinski definition) is 0. The molecule has 1 aliphatic rings. The molecule has 4 rings (SSSR count). The van der Waals surface area contributed by atoms with E-state index in [-0.39, 0.29) is 4.90 Å². The van der Waals surface area contributed by atoms with E-state index in [1.807, 2.05) is 6.92 Å². The van der Waals surface area contributed by atoms with Crippen LogP contribution < -0.4 is 4.48 Å². The number of benzene rings is 3. The Balaban J connectivity index is 0.000000235. The second-order valence-corrected chi connectivity index (χ2v) is 10.7. The predicted molar refractivity (Wildman–Crippen MR) is 138 cm³/mol. The molecule has 176 valence electrons. The summed E-state index contributed by atoms with van der Waals surface area (Å²) in [4.78, 5) is -0.178. The van der Waals surface area contributed by atoms with Crippen molar-refractivity contribution in [3.63, 3.8) is 0 Å². The Morgan fingerprint density at radius 2 is 1.52 bits per heavy atom. The smallest absolute Gasteiger partial charge is 0.145 e. The second kappa shape index (κ2) is 10.2. The molecule has 0 spiro atoms. The summed E-state index contributed by atoms with van der Waals surface area (Å²) in [7, 11) is 0.373. The topological polar surface area (TPSA) is 57.2 Å². The van der Waals surface area contributed by atoms with Crippen molar-refractivity contribution in [1.29, 1.82) is 0 Å². The molecule has 3 aromatic rings. The van der Waals surface area contributed by atoms with Gasteiger partial charge < -0.3 is 4.55 Å². The van der Waals surface area contributed by atoms with Gasteiger partial charge in [-0.25, -0.2) is 8.42 Å². The van der Waals surface area contributed by atoms with Gasteiger partial charge in [-0.05, 0) is 48.7 Å². The lowest BCUT2D eigenvalue weighted by atomic mass is 9.94. The molecule has 0 N–H and O–H groups in total. The molecule has 33 heavy (non-hydrogen) atoms. The van der Waals surface area contributed by atoms with Gasteiger partial charge in [0, 0.05) is 18.6 Å². The number of allylic oxidation sites excluding steroid dienone is 2. The maximum absolute atomic E-state index is 10.4. The first-order chi connectivity index (χ1) is 15.6. The van der Waals surface area contributed by atoms with Gasteiger partial charge in [-0.2, -0.15) is 0 Å². The lowest BCUT2D eigenvalue weighted by molar-refractivity contribution is 0.463. The van der Waals surface area contributed by atoms with Crippen LogP contribution in [0.4, 0.5) is 5.69 Å². The number of unbranched alkanes of at least 4 members (excludes halogenated alkanes) is 3. The number of rotatable bonds is 6. The monoisotopic (exact) mass is 465 g/mol. The average molecular weight is 466 g/mol. The Morgan fingerprint density at radius 3 is 2.15 bits per heavy atom. The van der Waals surface area contributed by atoms with Crippen LogP contribution in [-0.4, -0.2) is 27.1 Å². The average Bonchev–Trinajstić information content (AvgIpc) is 2.97. The molecule has 1 heterocycles. The highest BCUT2D eigenvalue weighted by Gasteiger charge is 2.37. The first-order valence-electron chi connectivity index (χ1n) is 11.7. The first kappa shape index (κ1) is 25.2. The molecule has 4 nitrogen and oxygen atoms in total. The fourth-order valence-corrected chi connectivity index (χ4v) is 4.95. The number of nitrogens with zero attached hydrogens (tertiary/aromatic N) is 1. The summed E-state index contributed by atoms with van der Waals surface area (Å²) in [5.41, 5.74) is 7.01. The molecule has 0 bridgehead atoms. The fourth-order valence-electron chi connectivity index (χ4n) is 4.48. The number of hydrogen-bond acceptors (Lipinski definition) is 3. The summed E-state index contributed by atoms with van der Waals surface area (Å²) in [6.07, 6.45) is 6.53. The van der Waals surface area contributed by atoms with Gasteiger partial charge in [0.25, 0.3) is 0 Å². The van der Waals surface area contributed by atoms with Crippen molar-refractivity contribution in [2.45, 2.75) is 57.8 Å². The summed E-state index contributed by atoms with van der Waals surface area (Å²) >= 11 is 0. The van der Waals surface area contributed by atoms with E-state index in [1.165, 1.54) is 72.0 Å². The Kier molecular flexibility index (Phi) is 7.78. The summed E-state index contributed by atoms with van der Waals surface area (Å²) in [6, 6.07) is 19.2. The van der Waals surface area contributed by atoms with Crippen LogP contribution in [-0.2, 0) is 10.1 Å². The summed E-state index contributed by atoms with van der Waals surface area (Å²) in [5.74, 6) is 0. The molecule has 0 fully saturated rings. The standard InChI is InChI=1S/C21H28N.C7H8O3S/c1-5-6-7-8-12-18-16(2)22(3,4)20-15-14-17-11-9-10-13-19(17)21(18)20;1-6-2-4-7(5-3-6)11(8,9)10/h9-11,13-15H,5-8,12H2,1-4H3;2-5H,1H3,(H,8,9,10)/q+1;/p-1. The van der Waals surface area contributed by atoms with E-state index in [4.69, 9.17) is 0 Å². The second-order valence-electron chi connectivity index (χ2n) is 9.28. The van der Waals surface area contributed by atoms with E-state index in [0.29, 0.717) is 0 Å². The highest BCUT2D eigenvalue weighted by molar-refractivity contribution is 7.85. The Bertz CT molecular complexity index is 1260. The van der Waals surface area contributed by atoms with Gasteiger partial charge in [-0.3, -0.25) is 4.48 Å². The van der Waals surface area contributed by atoms with E-state index in [1.54, 1.807) is 17.7 Å². The third-order valence-corrected chi connectivity index (χ3v) is 7.53. The van der Waals surface area contributed by atoms with Crippen LogP contribution >= 0.6 is 0 Å². The molecule has 5 heteroatoms. The molecule has 3 aromatic carbocycles. The summed E-state index contributed by atoms with van der Waals surface area (Å²) in [5, 5.41) is 2.79. The number of fused-ring (bicyclic) bond motifs is 3. The lowest BCUT2D eigenvalue weighted by Gasteiger charge is -2.26. The molecular weight excluding hydrogens is 430 g/mol. The lowest BCUT2D eigenvalue weighted by Crippen LogP contribution is -2.36. The molecule has 0 saturated carbocycles. The minimum Gasteiger partial charge on any atom is -0.744 e. The van der Waals surface area contributed by atoms with Gasteiger partial charge >= 0.3 is 0 Å². The molecule has 0 aromatic heterocycles.